The predicted octanol–water partition coefficient (Wildman–Crippen LogP) is 3.03. The molecule has 1 N–H and O–H groups in total. The van der Waals surface area contributed by atoms with Gasteiger partial charge >= 0.3 is 0 Å². The van der Waals surface area contributed by atoms with Gasteiger partial charge in [-0.25, -0.2) is 0 Å². The van der Waals surface area contributed by atoms with Crippen LogP contribution >= 0.6 is 0 Å². The molecule has 0 fully saturated rings. The molecular weight excluding hydrogens is 356 g/mol. The molecule has 0 aromatic heterocycles. The first-order valence-corrected chi connectivity index (χ1v) is 9.41. The maximum absolute atomic E-state index is 12.7. The van der Waals surface area contributed by atoms with Crippen LogP contribution in [0.25, 0.3) is 0 Å². The lowest BCUT2D eigenvalue weighted by Gasteiger charge is -2.13. The number of amides is 3. The molecule has 0 bridgehead atoms. The maximum atomic E-state index is 12.7. The molecule has 2 aromatic rings. The molecule has 6 nitrogen and oxygen atoms in total. The van der Waals surface area contributed by atoms with Gasteiger partial charge in [-0.2, -0.15) is 0 Å². The Bertz CT molecular complexity index is 877. The second-order valence-corrected chi connectivity index (χ2v) is 6.97. The Balaban J connectivity index is 1.65. The first kappa shape index (κ1) is 19.8. The van der Waals surface area contributed by atoms with Crippen LogP contribution in [0.4, 0.5) is 0 Å². The van der Waals surface area contributed by atoms with Crippen LogP contribution in [0.1, 0.15) is 56.9 Å². The molecule has 1 aliphatic heterocycles. The van der Waals surface area contributed by atoms with E-state index < -0.39 is 0 Å². The van der Waals surface area contributed by atoms with Crippen molar-refractivity contribution in [2.45, 2.75) is 32.9 Å². The SMILES string of the molecule is CC(C)OCCCNC(=O)c1ccc2c(c1)C(=O)N(Cc1ccccc1)C2=O. The fourth-order valence-corrected chi connectivity index (χ4v) is 3.04. The molecule has 0 atom stereocenters. The highest BCUT2D eigenvalue weighted by molar-refractivity contribution is 6.22. The molecule has 0 radical (unpaired) electrons. The minimum atomic E-state index is -0.371. The number of rotatable bonds is 8. The highest BCUT2D eigenvalue weighted by Crippen LogP contribution is 2.25. The summed E-state index contributed by atoms with van der Waals surface area (Å²) < 4.78 is 5.44. The number of hydrogen-bond acceptors (Lipinski definition) is 4. The van der Waals surface area contributed by atoms with Gasteiger partial charge in [0, 0.05) is 18.7 Å². The molecule has 1 heterocycles. The van der Waals surface area contributed by atoms with E-state index in [1.165, 1.54) is 11.0 Å². The number of imide groups is 1. The number of nitrogens with zero attached hydrogens (tertiary/aromatic N) is 1. The van der Waals surface area contributed by atoms with Gasteiger partial charge in [0.2, 0.25) is 0 Å². The van der Waals surface area contributed by atoms with Crippen molar-refractivity contribution < 1.29 is 19.1 Å². The lowest BCUT2D eigenvalue weighted by Crippen LogP contribution is -2.29. The highest BCUT2D eigenvalue weighted by atomic mass is 16.5. The molecule has 0 spiro atoms. The number of ether oxygens (including phenoxy) is 1. The van der Waals surface area contributed by atoms with Gasteiger partial charge in [-0.05, 0) is 44.0 Å². The topological polar surface area (TPSA) is 75.7 Å². The number of nitrogens with one attached hydrogen (secondary N) is 1. The van der Waals surface area contributed by atoms with E-state index in [9.17, 15) is 14.4 Å². The molecule has 3 rings (SSSR count). The Morgan fingerprint density at radius 1 is 1.04 bits per heavy atom. The fourth-order valence-electron chi connectivity index (χ4n) is 3.04. The maximum Gasteiger partial charge on any atom is 0.261 e. The predicted molar refractivity (Wildman–Crippen MR) is 105 cm³/mol. The van der Waals surface area contributed by atoms with Gasteiger partial charge in [0.15, 0.2) is 0 Å². The molecule has 0 aliphatic carbocycles. The zero-order valence-corrected chi connectivity index (χ0v) is 16.1. The van der Waals surface area contributed by atoms with Gasteiger partial charge in [-0.1, -0.05) is 30.3 Å². The average molecular weight is 380 g/mol. The van der Waals surface area contributed by atoms with Crippen LogP contribution in [0.2, 0.25) is 0 Å². The molecule has 1 aliphatic rings. The average Bonchev–Trinajstić information content (AvgIpc) is 2.92. The van der Waals surface area contributed by atoms with Gasteiger partial charge in [-0.3, -0.25) is 19.3 Å². The van der Waals surface area contributed by atoms with E-state index in [1.54, 1.807) is 12.1 Å². The van der Waals surface area contributed by atoms with E-state index in [2.05, 4.69) is 5.32 Å². The Labute approximate surface area is 164 Å². The summed E-state index contributed by atoms with van der Waals surface area (Å²) in [6, 6.07) is 14.0. The van der Waals surface area contributed by atoms with Crippen molar-refractivity contribution in [1.82, 2.24) is 10.2 Å². The summed E-state index contributed by atoms with van der Waals surface area (Å²) in [5.41, 5.74) is 1.85. The monoisotopic (exact) mass is 380 g/mol. The van der Waals surface area contributed by atoms with Crippen molar-refractivity contribution in [3.05, 3.63) is 70.8 Å². The summed E-state index contributed by atoms with van der Waals surface area (Å²) in [4.78, 5) is 38.8. The summed E-state index contributed by atoms with van der Waals surface area (Å²) in [5, 5.41) is 2.81. The van der Waals surface area contributed by atoms with Crippen LogP contribution in [0.15, 0.2) is 48.5 Å². The Morgan fingerprint density at radius 3 is 2.46 bits per heavy atom. The summed E-state index contributed by atoms with van der Waals surface area (Å²) in [5.74, 6) is -0.973. The van der Waals surface area contributed by atoms with Crippen molar-refractivity contribution >= 4 is 17.7 Å². The Morgan fingerprint density at radius 2 is 1.75 bits per heavy atom. The normalized spacial score (nSPS) is 13.2. The standard InChI is InChI=1S/C22H24N2O4/c1-15(2)28-12-6-11-23-20(25)17-9-10-18-19(13-17)22(27)24(21(18)26)14-16-7-4-3-5-8-16/h3-5,7-10,13,15H,6,11-12,14H2,1-2H3,(H,23,25). The van der Waals surface area contributed by atoms with Gasteiger partial charge in [0.25, 0.3) is 17.7 Å². The number of carbonyl (C=O) groups excluding carboxylic acids is 3. The first-order chi connectivity index (χ1) is 13.5. The zero-order chi connectivity index (χ0) is 20.1. The highest BCUT2D eigenvalue weighted by Gasteiger charge is 2.35. The van der Waals surface area contributed by atoms with Crippen LogP contribution < -0.4 is 5.32 Å². The number of fused-ring (bicyclic) bond motifs is 1. The molecule has 3 amide bonds. The first-order valence-electron chi connectivity index (χ1n) is 9.41. The molecule has 0 saturated carbocycles. The van der Waals surface area contributed by atoms with Crippen LogP contribution in [-0.4, -0.2) is 41.9 Å². The lowest BCUT2D eigenvalue weighted by atomic mass is 10.1. The van der Waals surface area contributed by atoms with Crippen molar-refractivity contribution in [3.8, 4) is 0 Å². The largest absolute Gasteiger partial charge is 0.379 e. The van der Waals surface area contributed by atoms with E-state index in [1.807, 2.05) is 44.2 Å². The van der Waals surface area contributed by atoms with Crippen molar-refractivity contribution in [3.63, 3.8) is 0 Å². The van der Waals surface area contributed by atoms with Gasteiger partial charge in [-0.15, -0.1) is 0 Å². The van der Waals surface area contributed by atoms with Gasteiger partial charge < -0.3 is 10.1 Å². The van der Waals surface area contributed by atoms with E-state index in [0.29, 0.717) is 30.7 Å². The Kier molecular flexibility index (Phi) is 6.21. The van der Waals surface area contributed by atoms with Crippen molar-refractivity contribution in [2.24, 2.45) is 0 Å². The van der Waals surface area contributed by atoms with E-state index in [-0.39, 0.29) is 35.9 Å². The molecule has 146 valence electrons. The summed E-state index contributed by atoms with van der Waals surface area (Å²) >= 11 is 0. The molecular formula is C22H24N2O4. The summed E-state index contributed by atoms with van der Waals surface area (Å²) in [6.07, 6.45) is 0.867. The summed E-state index contributed by atoms with van der Waals surface area (Å²) in [6.45, 7) is 5.19. The van der Waals surface area contributed by atoms with Crippen LogP contribution in [0.5, 0.6) is 0 Å². The Hall–Kier alpha value is -2.99. The molecule has 6 heteroatoms. The third-order valence-corrected chi connectivity index (χ3v) is 4.47. The van der Waals surface area contributed by atoms with E-state index in [0.717, 1.165) is 5.56 Å². The lowest BCUT2D eigenvalue weighted by molar-refractivity contribution is 0.0641. The smallest absolute Gasteiger partial charge is 0.261 e. The second-order valence-electron chi connectivity index (χ2n) is 6.97. The second kappa shape index (κ2) is 8.80. The molecule has 28 heavy (non-hydrogen) atoms. The third kappa shape index (κ3) is 4.46. The van der Waals surface area contributed by atoms with E-state index in [4.69, 9.17) is 4.74 Å². The quantitative estimate of drug-likeness (QED) is 0.564. The number of benzene rings is 2. The van der Waals surface area contributed by atoms with Crippen molar-refractivity contribution in [2.75, 3.05) is 13.2 Å². The minimum absolute atomic E-state index is 0.162. The number of hydrogen-bond donors (Lipinski definition) is 1. The van der Waals surface area contributed by atoms with Gasteiger partial charge in [0.1, 0.15) is 0 Å². The third-order valence-electron chi connectivity index (χ3n) is 4.47. The minimum Gasteiger partial charge on any atom is -0.379 e. The van der Waals surface area contributed by atoms with Gasteiger partial charge in [0.05, 0.1) is 23.8 Å². The summed E-state index contributed by atoms with van der Waals surface area (Å²) in [7, 11) is 0. The van der Waals surface area contributed by atoms with E-state index >= 15 is 0 Å². The number of carbonyl (C=O) groups is 3. The fraction of sp³-hybridized carbons (Fsp3) is 0.318. The molecule has 2 aromatic carbocycles. The zero-order valence-electron chi connectivity index (χ0n) is 16.1. The van der Waals surface area contributed by atoms with Crippen LogP contribution in [0, 0.1) is 0 Å². The van der Waals surface area contributed by atoms with Crippen LogP contribution in [0.3, 0.4) is 0 Å². The molecule has 0 unspecified atom stereocenters. The van der Waals surface area contributed by atoms with Crippen molar-refractivity contribution in [1.29, 1.82) is 0 Å². The van der Waals surface area contributed by atoms with Crippen LogP contribution in [-0.2, 0) is 11.3 Å². The molecule has 0 saturated heterocycles.